The highest BCUT2D eigenvalue weighted by Crippen LogP contribution is 2.25. The predicted octanol–water partition coefficient (Wildman–Crippen LogP) is 2.15. The molecule has 1 aliphatic heterocycles. The van der Waals surface area contributed by atoms with Crippen LogP contribution in [0.15, 0.2) is 12.1 Å². The summed E-state index contributed by atoms with van der Waals surface area (Å²) >= 11 is 6.14. The van der Waals surface area contributed by atoms with Crippen LogP contribution in [0.1, 0.15) is 11.1 Å². The lowest BCUT2D eigenvalue weighted by atomic mass is 10.1. The monoisotopic (exact) mass is 414 g/mol. The first-order valence-corrected chi connectivity index (χ1v) is 8.50. The number of aliphatic hydroxyl groups is 2. The Morgan fingerprint density at radius 3 is 2.12 bits per heavy atom. The van der Waals surface area contributed by atoms with Gasteiger partial charge in [-0.1, -0.05) is 11.6 Å². The number of aryl methyl sites for hydroxylation is 2. The highest BCUT2D eigenvalue weighted by molar-refractivity contribution is 6.32. The van der Waals surface area contributed by atoms with Gasteiger partial charge in [0, 0.05) is 44.3 Å². The second-order valence-electron chi connectivity index (χ2n) is 6.20. The Balaban J connectivity index is 0.00000288. The molecule has 1 unspecified atom stereocenters. The largest absolute Gasteiger partial charge is 0.491 e. The Hall–Kier alpha value is -0.270. The Bertz CT molecular complexity index is 489. The Kier molecular flexibility index (Phi) is 12.0. The Morgan fingerprint density at radius 1 is 1.08 bits per heavy atom. The highest BCUT2D eigenvalue weighted by Gasteiger charge is 2.19. The average molecular weight is 416 g/mol. The standard InChI is InChI=1S/C17H27ClN2O3.2ClH/c1-13-9-16(10-14(2)17(13)18)23-12-15(22)11-20-5-3-19(4-6-20)7-8-21;;/h9-10,15,21-22H,3-8,11-12H2,1-2H3;2*1H. The molecule has 1 saturated heterocycles. The van der Waals surface area contributed by atoms with Gasteiger partial charge in [-0.15, -0.1) is 24.8 Å². The van der Waals surface area contributed by atoms with Crippen molar-refractivity contribution in [2.45, 2.75) is 20.0 Å². The van der Waals surface area contributed by atoms with Crippen LogP contribution in [0, 0.1) is 13.8 Å². The molecule has 1 aromatic carbocycles. The molecule has 1 atom stereocenters. The van der Waals surface area contributed by atoms with E-state index in [9.17, 15) is 5.11 Å². The van der Waals surface area contributed by atoms with E-state index in [1.54, 1.807) is 0 Å². The molecule has 2 N–H and O–H groups in total. The molecule has 2 rings (SSSR count). The van der Waals surface area contributed by atoms with Crippen molar-refractivity contribution in [3.05, 3.63) is 28.3 Å². The van der Waals surface area contributed by atoms with Crippen LogP contribution in [0.2, 0.25) is 5.02 Å². The molecule has 0 bridgehead atoms. The Labute approximate surface area is 167 Å². The van der Waals surface area contributed by atoms with Crippen molar-refractivity contribution < 1.29 is 14.9 Å². The first-order chi connectivity index (χ1) is 11.0. The van der Waals surface area contributed by atoms with Crippen LogP contribution in [0.5, 0.6) is 5.75 Å². The maximum absolute atomic E-state index is 10.2. The molecule has 0 amide bonds. The summed E-state index contributed by atoms with van der Waals surface area (Å²) in [5.74, 6) is 0.746. The van der Waals surface area contributed by atoms with Crippen molar-refractivity contribution in [1.82, 2.24) is 9.80 Å². The smallest absolute Gasteiger partial charge is 0.120 e. The molecule has 1 heterocycles. The van der Waals surface area contributed by atoms with Crippen LogP contribution in [0.3, 0.4) is 0 Å². The van der Waals surface area contributed by atoms with Gasteiger partial charge in [-0.2, -0.15) is 0 Å². The van der Waals surface area contributed by atoms with Gasteiger partial charge in [0.05, 0.1) is 6.61 Å². The minimum Gasteiger partial charge on any atom is -0.491 e. The van der Waals surface area contributed by atoms with Crippen molar-refractivity contribution in [3.8, 4) is 5.75 Å². The molecular weight excluding hydrogens is 387 g/mol. The van der Waals surface area contributed by atoms with E-state index >= 15 is 0 Å². The van der Waals surface area contributed by atoms with Gasteiger partial charge >= 0.3 is 0 Å². The van der Waals surface area contributed by atoms with Gasteiger partial charge in [0.2, 0.25) is 0 Å². The summed E-state index contributed by atoms with van der Waals surface area (Å²) in [5, 5.41) is 19.9. The first-order valence-electron chi connectivity index (χ1n) is 8.12. The lowest BCUT2D eigenvalue weighted by Crippen LogP contribution is -2.49. The number of aliphatic hydroxyl groups excluding tert-OH is 2. The maximum atomic E-state index is 10.2. The molecule has 1 aromatic rings. The number of piperazine rings is 1. The van der Waals surface area contributed by atoms with Gasteiger partial charge < -0.3 is 14.9 Å². The molecule has 0 saturated carbocycles. The number of hydrogen-bond donors (Lipinski definition) is 2. The summed E-state index contributed by atoms with van der Waals surface area (Å²) in [6.07, 6.45) is -0.518. The zero-order valence-corrected chi connectivity index (χ0v) is 17.2. The molecule has 1 fully saturated rings. The summed E-state index contributed by atoms with van der Waals surface area (Å²) in [6, 6.07) is 3.80. The molecular formula is C17H29Cl3N2O3. The van der Waals surface area contributed by atoms with Crippen LogP contribution in [-0.2, 0) is 0 Å². The number of halogens is 3. The van der Waals surface area contributed by atoms with Crippen molar-refractivity contribution in [2.24, 2.45) is 0 Å². The average Bonchev–Trinajstić information content (AvgIpc) is 2.52. The number of nitrogens with zero attached hydrogens (tertiary/aromatic N) is 2. The van der Waals surface area contributed by atoms with Crippen molar-refractivity contribution in [3.63, 3.8) is 0 Å². The topological polar surface area (TPSA) is 56.2 Å². The molecule has 0 aliphatic carbocycles. The summed E-state index contributed by atoms with van der Waals surface area (Å²) in [4.78, 5) is 4.47. The SMILES string of the molecule is Cc1cc(OCC(O)CN2CCN(CCO)CC2)cc(C)c1Cl.Cl.Cl. The molecule has 0 aromatic heterocycles. The van der Waals surface area contributed by atoms with Crippen molar-refractivity contribution >= 4 is 36.4 Å². The fourth-order valence-electron chi connectivity index (χ4n) is 2.87. The van der Waals surface area contributed by atoms with E-state index in [0.717, 1.165) is 54.6 Å². The number of hydrogen-bond acceptors (Lipinski definition) is 5. The lowest BCUT2D eigenvalue weighted by molar-refractivity contribution is 0.0428. The normalized spacial score (nSPS) is 16.7. The number of benzene rings is 1. The van der Waals surface area contributed by atoms with Crippen LogP contribution in [0.25, 0.3) is 0 Å². The van der Waals surface area contributed by atoms with Gasteiger partial charge in [-0.3, -0.25) is 9.80 Å². The van der Waals surface area contributed by atoms with Crippen LogP contribution < -0.4 is 4.74 Å². The molecule has 5 nitrogen and oxygen atoms in total. The minimum atomic E-state index is -0.518. The summed E-state index contributed by atoms with van der Waals surface area (Å²) in [6.45, 7) is 9.41. The third kappa shape index (κ3) is 7.87. The van der Waals surface area contributed by atoms with Gasteiger partial charge in [0.1, 0.15) is 18.5 Å². The van der Waals surface area contributed by atoms with Crippen LogP contribution in [-0.4, -0.2) is 78.6 Å². The summed E-state index contributed by atoms with van der Waals surface area (Å²) in [5.41, 5.74) is 1.97. The number of rotatable bonds is 7. The van der Waals surface area contributed by atoms with E-state index in [1.807, 2.05) is 26.0 Å². The van der Waals surface area contributed by atoms with E-state index < -0.39 is 6.10 Å². The molecule has 8 heteroatoms. The Morgan fingerprint density at radius 2 is 1.60 bits per heavy atom. The number of β-amino-alcohol motifs (C(OH)–C–C–N with tert-alkyl or cyclic N) is 2. The second-order valence-corrected chi connectivity index (χ2v) is 6.58. The van der Waals surface area contributed by atoms with Crippen LogP contribution >= 0.6 is 36.4 Å². The highest BCUT2D eigenvalue weighted by atomic mass is 35.5. The first kappa shape index (κ1) is 24.7. The zero-order chi connectivity index (χ0) is 16.8. The summed E-state index contributed by atoms with van der Waals surface area (Å²) < 4.78 is 5.71. The lowest BCUT2D eigenvalue weighted by Gasteiger charge is -2.35. The second kappa shape index (κ2) is 12.2. The molecule has 1 aliphatic rings. The van der Waals surface area contributed by atoms with Gasteiger partial charge in [0.25, 0.3) is 0 Å². The van der Waals surface area contributed by atoms with Crippen molar-refractivity contribution in [1.29, 1.82) is 0 Å². The molecule has 0 spiro atoms. The van der Waals surface area contributed by atoms with Gasteiger partial charge in [-0.25, -0.2) is 0 Å². The van der Waals surface area contributed by atoms with Gasteiger partial charge in [-0.05, 0) is 37.1 Å². The van der Waals surface area contributed by atoms with Gasteiger partial charge in [0.15, 0.2) is 0 Å². The molecule has 25 heavy (non-hydrogen) atoms. The number of ether oxygens (including phenoxy) is 1. The minimum absolute atomic E-state index is 0. The molecule has 0 radical (unpaired) electrons. The third-order valence-electron chi connectivity index (χ3n) is 4.20. The van der Waals surface area contributed by atoms with Crippen molar-refractivity contribution in [2.75, 3.05) is 52.5 Å². The fourth-order valence-corrected chi connectivity index (χ4v) is 2.98. The van der Waals surface area contributed by atoms with E-state index in [1.165, 1.54) is 0 Å². The summed E-state index contributed by atoms with van der Waals surface area (Å²) in [7, 11) is 0. The zero-order valence-electron chi connectivity index (χ0n) is 14.8. The fraction of sp³-hybridized carbons (Fsp3) is 0.647. The maximum Gasteiger partial charge on any atom is 0.120 e. The predicted molar refractivity (Wildman–Crippen MR) is 107 cm³/mol. The van der Waals surface area contributed by atoms with Crippen LogP contribution in [0.4, 0.5) is 0 Å². The van der Waals surface area contributed by atoms with E-state index in [2.05, 4.69) is 9.80 Å². The quantitative estimate of drug-likeness (QED) is 0.715. The van der Waals surface area contributed by atoms with E-state index in [4.69, 9.17) is 21.4 Å². The molecule has 146 valence electrons. The van der Waals surface area contributed by atoms with E-state index in [-0.39, 0.29) is 38.0 Å². The van der Waals surface area contributed by atoms with E-state index in [0.29, 0.717) is 6.54 Å². The third-order valence-corrected chi connectivity index (χ3v) is 4.80.